The standard InChI is InChI=1S/C16H17NS3/c1-12(13-6-9-18-11-13)17-15(16-5-3-8-20-16)10-14-4-2-7-19-14/h2-9,11-12,15,17H,10H2,1H3. The Balaban J connectivity index is 1.75. The fraction of sp³-hybridized carbons (Fsp3) is 0.250. The molecule has 1 N–H and O–H groups in total. The van der Waals surface area contributed by atoms with Crippen LogP contribution in [-0.4, -0.2) is 0 Å². The number of rotatable bonds is 6. The van der Waals surface area contributed by atoms with Crippen LogP contribution in [0, 0.1) is 0 Å². The quantitative estimate of drug-likeness (QED) is 0.632. The maximum atomic E-state index is 3.78. The lowest BCUT2D eigenvalue weighted by Gasteiger charge is -2.22. The third-order valence-electron chi connectivity index (χ3n) is 3.37. The molecule has 0 amide bonds. The molecule has 0 bridgehead atoms. The zero-order valence-corrected chi connectivity index (χ0v) is 13.7. The normalized spacial score (nSPS) is 14.2. The van der Waals surface area contributed by atoms with E-state index in [-0.39, 0.29) is 0 Å². The van der Waals surface area contributed by atoms with Crippen molar-refractivity contribution in [1.29, 1.82) is 0 Å². The summed E-state index contributed by atoms with van der Waals surface area (Å²) in [5, 5.41) is 12.5. The van der Waals surface area contributed by atoms with Gasteiger partial charge in [-0.15, -0.1) is 22.7 Å². The minimum Gasteiger partial charge on any atom is -0.302 e. The minimum absolute atomic E-state index is 0.383. The fourth-order valence-electron chi connectivity index (χ4n) is 2.28. The van der Waals surface area contributed by atoms with E-state index in [1.54, 1.807) is 11.3 Å². The second kappa shape index (κ2) is 6.68. The first-order chi connectivity index (χ1) is 9.83. The zero-order valence-electron chi connectivity index (χ0n) is 11.3. The minimum atomic E-state index is 0.383. The Bertz CT molecular complexity index is 596. The molecule has 3 aromatic heterocycles. The molecule has 0 aliphatic carbocycles. The molecule has 0 aliphatic rings. The number of nitrogens with one attached hydrogen (secondary N) is 1. The van der Waals surface area contributed by atoms with Gasteiger partial charge in [-0.25, -0.2) is 0 Å². The van der Waals surface area contributed by atoms with Crippen molar-refractivity contribution in [2.45, 2.75) is 25.4 Å². The van der Waals surface area contributed by atoms with E-state index in [0.717, 1.165) is 6.42 Å². The highest BCUT2D eigenvalue weighted by Gasteiger charge is 2.17. The van der Waals surface area contributed by atoms with Crippen LogP contribution in [0.4, 0.5) is 0 Å². The largest absolute Gasteiger partial charge is 0.302 e. The monoisotopic (exact) mass is 319 g/mol. The maximum Gasteiger partial charge on any atom is 0.0468 e. The van der Waals surface area contributed by atoms with Crippen molar-refractivity contribution in [3.05, 3.63) is 67.2 Å². The molecule has 0 aliphatic heterocycles. The molecular weight excluding hydrogens is 302 g/mol. The molecule has 104 valence electrons. The Morgan fingerprint density at radius 2 is 1.90 bits per heavy atom. The Hall–Kier alpha value is -0.940. The molecule has 2 unspecified atom stereocenters. The summed E-state index contributed by atoms with van der Waals surface area (Å²) in [7, 11) is 0. The molecule has 3 aromatic rings. The Kier molecular flexibility index (Phi) is 4.68. The first-order valence-electron chi connectivity index (χ1n) is 6.67. The van der Waals surface area contributed by atoms with Crippen LogP contribution in [0.1, 0.15) is 34.3 Å². The average molecular weight is 320 g/mol. The summed E-state index contributed by atoms with van der Waals surface area (Å²) < 4.78 is 0. The van der Waals surface area contributed by atoms with Crippen LogP contribution in [0.2, 0.25) is 0 Å². The molecule has 1 nitrogen and oxygen atoms in total. The van der Waals surface area contributed by atoms with Crippen LogP contribution >= 0.6 is 34.0 Å². The summed E-state index contributed by atoms with van der Waals surface area (Å²) in [6, 6.07) is 11.7. The van der Waals surface area contributed by atoms with Gasteiger partial charge in [-0.2, -0.15) is 11.3 Å². The van der Waals surface area contributed by atoms with E-state index in [1.165, 1.54) is 15.3 Å². The van der Waals surface area contributed by atoms with E-state index in [4.69, 9.17) is 0 Å². The predicted octanol–water partition coefficient (Wildman–Crippen LogP) is 5.51. The van der Waals surface area contributed by atoms with Gasteiger partial charge in [0.1, 0.15) is 0 Å². The van der Waals surface area contributed by atoms with Gasteiger partial charge < -0.3 is 5.32 Å². The molecule has 3 rings (SSSR count). The van der Waals surface area contributed by atoms with Crippen LogP contribution in [0.3, 0.4) is 0 Å². The van der Waals surface area contributed by atoms with Crippen LogP contribution < -0.4 is 5.32 Å². The first-order valence-corrected chi connectivity index (χ1v) is 9.37. The fourth-order valence-corrected chi connectivity index (χ4v) is 4.57. The van der Waals surface area contributed by atoms with E-state index in [9.17, 15) is 0 Å². The molecule has 0 spiro atoms. The van der Waals surface area contributed by atoms with Crippen molar-refractivity contribution < 1.29 is 0 Å². The van der Waals surface area contributed by atoms with Crippen LogP contribution in [0.15, 0.2) is 51.9 Å². The van der Waals surface area contributed by atoms with Gasteiger partial charge in [0.05, 0.1) is 0 Å². The highest BCUT2D eigenvalue weighted by molar-refractivity contribution is 7.10. The zero-order chi connectivity index (χ0) is 13.8. The van der Waals surface area contributed by atoms with Crippen LogP contribution in [-0.2, 0) is 6.42 Å². The second-order valence-corrected chi connectivity index (χ2v) is 7.59. The van der Waals surface area contributed by atoms with Gasteiger partial charge in [0, 0.05) is 28.3 Å². The average Bonchev–Trinajstić information content (AvgIpc) is 3.20. The molecule has 0 fully saturated rings. The molecule has 0 aromatic carbocycles. The van der Waals surface area contributed by atoms with Gasteiger partial charge in [-0.3, -0.25) is 0 Å². The summed E-state index contributed by atoms with van der Waals surface area (Å²) in [5.41, 5.74) is 1.38. The lowest BCUT2D eigenvalue weighted by Crippen LogP contribution is -2.25. The Morgan fingerprint density at radius 3 is 2.55 bits per heavy atom. The van der Waals surface area contributed by atoms with Crippen molar-refractivity contribution in [3.8, 4) is 0 Å². The summed E-state index contributed by atoms with van der Waals surface area (Å²) in [5.74, 6) is 0. The van der Waals surface area contributed by atoms with Gasteiger partial charge in [-0.1, -0.05) is 12.1 Å². The van der Waals surface area contributed by atoms with Crippen molar-refractivity contribution in [3.63, 3.8) is 0 Å². The van der Waals surface area contributed by atoms with E-state index in [2.05, 4.69) is 64.1 Å². The van der Waals surface area contributed by atoms with E-state index >= 15 is 0 Å². The van der Waals surface area contributed by atoms with E-state index in [0.29, 0.717) is 12.1 Å². The lowest BCUT2D eigenvalue weighted by molar-refractivity contribution is 0.473. The van der Waals surface area contributed by atoms with Gasteiger partial charge in [-0.05, 0) is 52.2 Å². The SMILES string of the molecule is CC(NC(Cc1cccs1)c1cccs1)c1ccsc1. The van der Waals surface area contributed by atoms with Crippen LogP contribution in [0.5, 0.6) is 0 Å². The van der Waals surface area contributed by atoms with E-state index < -0.39 is 0 Å². The Labute approximate surface area is 131 Å². The molecule has 4 heteroatoms. The molecule has 0 saturated heterocycles. The summed E-state index contributed by atoms with van der Waals surface area (Å²) in [6.07, 6.45) is 1.06. The number of thiophene rings is 3. The Morgan fingerprint density at radius 1 is 1.05 bits per heavy atom. The third kappa shape index (κ3) is 3.38. The lowest BCUT2D eigenvalue weighted by atomic mass is 10.1. The van der Waals surface area contributed by atoms with Crippen molar-refractivity contribution >= 4 is 34.0 Å². The van der Waals surface area contributed by atoms with Gasteiger partial charge >= 0.3 is 0 Å². The third-order valence-corrected chi connectivity index (χ3v) is 5.95. The second-order valence-electron chi connectivity index (χ2n) is 4.80. The molecule has 0 radical (unpaired) electrons. The summed E-state index contributed by atoms with van der Waals surface area (Å²) >= 11 is 5.44. The molecule has 2 atom stereocenters. The smallest absolute Gasteiger partial charge is 0.0468 e. The number of hydrogen-bond donors (Lipinski definition) is 1. The van der Waals surface area contributed by atoms with Crippen molar-refractivity contribution in [1.82, 2.24) is 5.32 Å². The van der Waals surface area contributed by atoms with Crippen LogP contribution in [0.25, 0.3) is 0 Å². The number of hydrogen-bond acceptors (Lipinski definition) is 4. The highest BCUT2D eigenvalue weighted by atomic mass is 32.1. The summed E-state index contributed by atoms with van der Waals surface area (Å²) in [4.78, 5) is 2.86. The maximum absolute atomic E-state index is 3.78. The van der Waals surface area contributed by atoms with E-state index in [1.807, 2.05) is 22.7 Å². The molecule has 20 heavy (non-hydrogen) atoms. The highest BCUT2D eigenvalue weighted by Crippen LogP contribution is 2.28. The summed E-state index contributed by atoms with van der Waals surface area (Å²) in [6.45, 7) is 2.25. The molecule has 3 heterocycles. The molecular formula is C16H17NS3. The van der Waals surface area contributed by atoms with Gasteiger partial charge in [0.2, 0.25) is 0 Å². The predicted molar refractivity (Wildman–Crippen MR) is 91.0 cm³/mol. The van der Waals surface area contributed by atoms with Crippen molar-refractivity contribution in [2.75, 3.05) is 0 Å². The van der Waals surface area contributed by atoms with Gasteiger partial charge in [0.25, 0.3) is 0 Å². The topological polar surface area (TPSA) is 12.0 Å². The van der Waals surface area contributed by atoms with Crippen molar-refractivity contribution in [2.24, 2.45) is 0 Å². The van der Waals surface area contributed by atoms with Gasteiger partial charge in [0.15, 0.2) is 0 Å². The molecule has 0 saturated carbocycles. The first kappa shape index (κ1) is 14.0.